The van der Waals surface area contributed by atoms with Gasteiger partial charge in [-0.3, -0.25) is 4.79 Å². The second-order valence-electron chi connectivity index (χ2n) is 6.75. The molecule has 0 saturated heterocycles. The first kappa shape index (κ1) is 14.3. The maximum absolute atomic E-state index is 12.3. The zero-order valence-electron chi connectivity index (χ0n) is 12.5. The fraction of sp³-hybridized carbons (Fsp3) is 0.611. The van der Waals surface area contributed by atoms with Crippen molar-refractivity contribution < 1.29 is 4.79 Å². The Balaban J connectivity index is 1.90. The molecule has 0 heterocycles. The van der Waals surface area contributed by atoms with Crippen molar-refractivity contribution in [1.29, 1.82) is 0 Å². The number of aryl methyl sites for hydroxylation is 1. The van der Waals surface area contributed by atoms with Crippen molar-refractivity contribution in [2.75, 3.05) is 0 Å². The van der Waals surface area contributed by atoms with Gasteiger partial charge in [-0.2, -0.15) is 0 Å². The van der Waals surface area contributed by atoms with Gasteiger partial charge in [-0.15, -0.1) is 0 Å². The Kier molecular flexibility index (Phi) is 4.44. The highest BCUT2D eigenvalue weighted by Gasteiger charge is 2.30. The molecule has 1 heteroatoms. The summed E-state index contributed by atoms with van der Waals surface area (Å²) < 4.78 is 0. The van der Waals surface area contributed by atoms with Gasteiger partial charge in [-0.1, -0.05) is 45.0 Å². The van der Waals surface area contributed by atoms with Crippen LogP contribution < -0.4 is 0 Å². The minimum atomic E-state index is 0.305. The van der Waals surface area contributed by atoms with E-state index in [-0.39, 0.29) is 0 Å². The molecule has 0 aliphatic heterocycles. The van der Waals surface area contributed by atoms with E-state index < -0.39 is 0 Å². The molecular weight excluding hydrogens is 232 g/mol. The van der Waals surface area contributed by atoms with Crippen LogP contribution in [0.1, 0.15) is 57.6 Å². The van der Waals surface area contributed by atoms with Gasteiger partial charge < -0.3 is 0 Å². The monoisotopic (exact) mass is 258 g/mol. The molecule has 0 radical (unpaired) electrons. The van der Waals surface area contributed by atoms with Gasteiger partial charge in [0, 0.05) is 12.3 Å². The maximum atomic E-state index is 12.3. The number of rotatable bonds is 4. The van der Waals surface area contributed by atoms with Gasteiger partial charge in [0.25, 0.3) is 0 Å². The van der Waals surface area contributed by atoms with E-state index in [9.17, 15) is 4.79 Å². The molecular formula is C18H26O. The predicted octanol–water partition coefficient (Wildman–Crippen LogP) is 4.58. The van der Waals surface area contributed by atoms with E-state index in [1.165, 1.54) is 24.0 Å². The number of benzene rings is 1. The van der Waals surface area contributed by atoms with Crippen LogP contribution in [0.25, 0.3) is 0 Å². The highest BCUT2D eigenvalue weighted by Crippen LogP contribution is 2.38. The van der Waals surface area contributed by atoms with E-state index in [4.69, 9.17) is 0 Å². The lowest BCUT2D eigenvalue weighted by Crippen LogP contribution is -2.27. The number of hydrogen-bond donors (Lipinski definition) is 0. The second kappa shape index (κ2) is 5.90. The van der Waals surface area contributed by atoms with Crippen LogP contribution in [0.3, 0.4) is 0 Å². The Morgan fingerprint density at radius 1 is 1.11 bits per heavy atom. The SMILES string of the molecule is CCc1ccc(CC(=O)C2CCC(C)(C)CC2)cc1. The maximum Gasteiger partial charge on any atom is 0.140 e. The number of Topliss-reactive ketones (excluding diaryl/α,β-unsaturated/α-hetero) is 1. The smallest absolute Gasteiger partial charge is 0.140 e. The molecule has 1 aromatic rings. The van der Waals surface area contributed by atoms with Gasteiger partial charge in [-0.05, 0) is 48.6 Å². The van der Waals surface area contributed by atoms with E-state index in [1.807, 2.05) is 0 Å². The van der Waals surface area contributed by atoms with Crippen molar-refractivity contribution in [2.45, 2.75) is 59.3 Å². The van der Waals surface area contributed by atoms with Gasteiger partial charge in [-0.25, -0.2) is 0 Å². The largest absolute Gasteiger partial charge is 0.299 e. The first-order chi connectivity index (χ1) is 9.00. The van der Waals surface area contributed by atoms with Crippen LogP contribution in [0, 0.1) is 11.3 Å². The summed E-state index contributed by atoms with van der Waals surface area (Å²) in [5, 5.41) is 0. The molecule has 0 unspecified atom stereocenters. The molecule has 2 rings (SSSR count). The summed E-state index contributed by atoms with van der Waals surface area (Å²) >= 11 is 0. The van der Waals surface area contributed by atoms with Crippen LogP contribution in [0.4, 0.5) is 0 Å². The summed E-state index contributed by atoms with van der Waals surface area (Å²) in [5.74, 6) is 0.749. The van der Waals surface area contributed by atoms with Crippen LogP contribution in [-0.2, 0) is 17.6 Å². The molecule has 0 spiro atoms. The molecule has 1 saturated carbocycles. The van der Waals surface area contributed by atoms with E-state index in [0.29, 0.717) is 23.5 Å². The summed E-state index contributed by atoms with van der Waals surface area (Å²) in [6, 6.07) is 8.52. The van der Waals surface area contributed by atoms with Crippen molar-refractivity contribution in [1.82, 2.24) is 0 Å². The van der Waals surface area contributed by atoms with E-state index in [1.54, 1.807) is 0 Å². The van der Waals surface area contributed by atoms with Crippen molar-refractivity contribution in [3.63, 3.8) is 0 Å². The summed E-state index contributed by atoms with van der Waals surface area (Å²) in [6.07, 6.45) is 6.23. The standard InChI is InChI=1S/C18H26O/c1-4-14-5-7-15(8-6-14)13-17(19)16-9-11-18(2,3)12-10-16/h5-8,16H,4,9-13H2,1-3H3. The summed E-state index contributed by atoms with van der Waals surface area (Å²) in [4.78, 5) is 12.3. The molecule has 1 aliphatic carbocycles. The predicted molar refractivity (Wildman–Crippen MR) is 80.3 cm³/mol. The second-order valence-corrected chi connectivity index (χ2v) is 6.75. The number of hydrogen-bond acceptors (Lipinski definition) is 1. The van der Waals surface area contributed by atoms with Crippen LogP contribution >= 0.6 is 0 Å². The van der Waals surface area contributed by atoms with Crippen LogP contribution in [-0.4, -0.2) is 5.78 Å². The average molecular weight is 258 g/mol. The van der Waals surface area contributed by atoms with Crippen LogP contribution in [0.5, 0.6) is 0 Å². The van der Waals surface area contributed by atoms with Crippen LogP contribution in [0.15, 0.2) is 24.3 Å². The van der Waals surface area contributed by atoms with E-state index in [2.05, 4.69) is 45.0 Å². The summed E-state index contributed by atoms with van der Waals surface area (Å²) in [6.45, 7) is 6.79. The fourth-order valence-corrected chi connectivity index (χ4v) is 2.96. The van der Waals surface area contributed by atoms with Gasteiger partial charge in [0.2, 0.25) is 0 Å². The normalized spacial score (nSPS) is 19.3. The molecule has 0 amide bonds. The Hall–Kier alpha value is -1.11. The summed E-state index contributed by atoms with van der Waals surface area (Å²) in [5.41, 5.74) is 2.96. The quantitative estimate of drug-likeness (QED) is 0.772. The van der Waals surface area contributed by atoms with Gasteiger partial charge in [0.15, 0.2) is 0 Å². The third-order valence-electron chi connectivity index (χ3n) is 4.60. The number of carbonyl (C=O) groups excluding carboxylic acids is 1. The van der Waals surface area contributed by atoms with E-state index in [0.717, 1.165) is 19.3 Å². The Bertz CT molecular complexity index is 418. The highest BCUT2D eigenvalue weighted by molar-refractivity contribution is 5.83. The molecule has 0 aromatic heterocycles. The number of ketones is 1. The Labute approximate surface area is 117 Å². The van der Waals surface area contributed by atoms with Gasteiger partial charge in [0.1, 0.15) is 5.78 Å². The third-order valence-corrected chi connectivity index (χ3v) is 4.60. The zero-order chi connectivity index (χ0) is 13.9. The molecule has 1 fully saturated rings. The lowest BCUT2D eigenvalue weighted by molar-refractivity contribution is -0.123. The first-order valence-corrected chi connectivity index (χ1v) is 7.61. The molecule has 1 aromatic carbocycles. The molecule has 19 heavy (non-hydrogen) atoms. The minimum Gasteiger partial charge on any atom is -0.299 e. The number of carbonyl (C=O) groups is 1. The van der Waals surface area contributed by atoms with Crippen molar-refractivity contribution in [3.05, 3.63) is 35.4 Å². The zero-order valence-corrected chi connectivity index (χ0v) is 12.5. The van der Waals surface area contributed by atoms with Gasteiger partial charge in [0.05, 0.1) is 0 Å². The van der Waals surface area contributed by atoms with Crippen molar-refractivity contribution >= 4 is 5.78 Å². The lowest BCUT2D eigenvalue weighted by Gasteiger charge is -2.33. The first-order valence-electron chi connectivity index (χ1n) is 7.61. The van der Waals surface area contributed by atoms with Crippen molar-refractivity contribution in [2.24, 2.45) is 11.3 Å². The molecule has 0 bridgehead atoms. The van der Waals surface area contributed by atoms with E-state index >= 15 is 0 Å². The molecule has 1 aliphatic rings. The highest BCUT2D eigenvalue weighted by atomic mass is 16.1. The summed E-state index contributed by atoms with van der Waals surface area (Å²) in [7, 11) is 0. The van der Waals surface area contributed by atoms with Crippen LogP contribution in [0.2, 0.25) is 0 Å². The van der Waals surface area contributed by atoms with Crippen molar-refractivity contribution in [3.8, 4) is 0 Å². The fourth-order valence-electron chi connectivity index (χ4n) is 2.96. The third kappa shape index (κ3) is 3.92. The molecule has 104 valence electrons. The molecule has 0 atom stereocenters. The average Bonchev–Trinajstić information content (AvgIpc) is 2.39. The lowest BCUT2D eigenvalue weighted by atomic mass is 9.71. The van der Waals surface area contributed by atoms with Gasteiger partial charge >= 0.3 is 0 Å². The Morgan fingerprint density at radius 3 is 2.16 bits per heavy atom. The molecule has 0 N–H and O–H groups in total. The minimum absolute atomic E-state index is 0.305. The molecule has 1 nitrogen and oxygen atoms in total. The topological polar surface area (TPSA) is 17.1 Å². The Morgan fingerprint density at radius 2 is 1.63 bits per heavy atom.